The molecule has 0 heterocycles. The smallest absolute Gasteiger partial charge is 0.195 e. The van der Waals surface area contributed by atoms with Crippen molar-refractivity contribution in [3.8, 4) is 0 Å². The first kappa shape index (κ1) is 10.1. The Hall–Kier alpha value is 0.107. The summed E-state index contributed by atoms with van der Waals surface area (Å²) in [5.41, 5.74) is 0. The van der Waals surface area contributed by atoms with Crippen LogP contribution in [-0.2, 0) is 4.43 Å². The maximum Gasteiger partial charge on any atom is 0.195 e. The average molecular weight is 164 g/mol. The minimum absolute atomic E-state index is 0.124. The van der Waals surface area contributed by atoms with Gasteiger partial charge in [0.2, 0.25) is 0 Å². The third kappa shape index (κ3) is 2.38. The van der Waals surface area contributed by atoms with Crippen molar-refractivity contribution < 1.29 is 8.82 Å². The second-order valence-corrected chi connectivity index (χ2v) is 8.82. The molecule has 0 aliphatic carbocycles. The highest BCUT2D eigenvalue weighted by Crippen LogP contribution is 2.36. The first-order chi connectivity index (χ1) is 4.31. The van der Waals surface area contributed by atoms with Gasteiger partial charge in [-0.2, -0.15) is 0 Å². The zero-order valence-corrected chi connectivity index (χ0v) is 8.49. The fourth-order valence-electron chi connectivity index (χ4n) is 0.353. The predicted molar refractivity (Wildman–Crippen MR) is 44.3 cm³/mol. The number of hydrogen-bond acceptors (Lipinski definition) is 1. The molecule has 0 N–H and O–H groups in total. The summed E-state index contributed by atoms with van der Waals surface area (Å²) in [4.78, 5) is 0. The largest absolute Gasteiger partial charge is 0.391 e. The van der Waals surface area contributed by atoms with Crippen molar-refractivity contribution in [1.29, 1.82) is 0 Å². The molecule has 0 aromatic rings. The van der Waals surface area contributed by atoms with Crippen LogP contribution in [0.2, 0.25) is 18.1 Å². The molecule has 0 saturated heterocycles. The van der Waals surface area contributed by atoms with Gasteiger partial charge in [0.05, 0.1) is 0 Å². The van der Waals surface area contributed by atoms with Crippen LogP contribution in [0.5, 0.6) is 0 Å². The van der Waals surface area contributed by atoms with Gasteiger partial charge in [0, 0.05) is 0 Å². The summed E-state index contributed by atoms with van der Waals surface area (Å²) in [5.74, 6) is 0. The van der Waals surface area contributed by atoms with Crippen molar-refractivity contribution in [2.75, 3.05) is 6.86 Å². The first-order valence-electron chi connectivity index (χ1n) is 3.51. The molecule has 0 atom stereocenters. The molecule has 0 unspecified atom stereocenters. The van der Waals surface area contributed by atoms with E-state index in [9.17, 15) is 4.39 Å². The Morgan fingerprint density at radius 3 is 1.80 bits per heavy atom. The zero-order valence-electron chi connectivity index (χ0n) is 7.49. The Morgan fingerprint density at radius 1 is 1.30 bits per heavy atom. The van der Waals surface area contributed by atoms with Gasteiger partial charge in [-0.1, -0.05) is 20.8 Å². The van der Waals surface area contributed by atoms with Gasteiger partial charge in [0.1, 0.15) is 0 Å². The molecule has 3 heteroatoms. The van der Waals surface area contributed by atoms with Crippen LogP contribution < -0.4 is 0 Å². The molecule has 0 saturated carbocycles. The van der Waals surface area contributed by atoms with Gasteiger partial charge >= 0.3 is 0 Å². The lowest BCUT2D eigenvalue weighted by Crippen LogP contribution is -2.40. The summed E-state index contributed by atoms with van der Waals surface area (Å²) in [6.45, 7) is 9.70. The third-order valence-corrected chi connectivity index (χ3v) is 6.66. The Bertz CT molecular complexity index is 107. The predicted octanol–water partition coefficient (Wildman–Crippen LogP) is 2.94. The van der Waals surface area contributed by atoms with E-state index in [0.717, 1.165) is 0 Å². The summed E-state index contributed by atoms with van der Waals surface area (Å²) >= 11 is 0. The molecule has 0 radical (unpaired) electrons. The van der Waals surface area contributed by atoms with Crippen molar-refractivity contribution in [3.05, 3.63) is 0 Å². The van der Waals surface area contributed by atoms with Crippen LogP contribution in [-0.4, -0.2) is 15.2 Å². The van der Waals surface area contributed by atoms with Crippen LogP contribution in [0.4, 0.5) is 4.39 Å². The molecule has 1 nitrogen and oxygen atoms in total. The van der Waals surface area contributed by atoms with E-state index in [4.69, 9.17) is 4.43 Å². The second kappa shape index (κ2) is 3.01. The van der Waals surface area contributed by atoms with E-state index in [0.29, 0.717) is 0 Å². The van der Waals surface area contributed by atoms with E-state index < -0.39 is 15.2 Å². The topological polar surface area (TPSA) is 9.23 Å². The molecule has 62 valence electrons. The number of hydrogen-bond donors (Lipinski definition) is 0. The van der Waals surface area contributed by atoms with Crippen molar-refractivity contribution in [2.45, 2.75) is 38.9 Å². The number of halogens is 1. The highest BCUT2D eigenvalue weighted by atomic mass is 28.4. The van der Waals surface area contributed by atoms with Gasteiger partial charge in [0.25, 0.3) is 0 Å². The molecule has 0 aromatic carbocycles. The molecular weight excluding hydrogens is 147 g/mol. The van der Waals surface area contributed by atoms with Crippen molar-refractivity contribution in [2.24, 2.45) is 0 Å². The Labute approximate surface area is 63.7 Å². The molecule has 0 rings (SSSR count). The Morgan fingerprint density at radius 2 is 1.70 bits per heavy atom. The lowest BCUT2D eigenvalue weighted by molar-refractivity contribution is 0.173. The molecular formula is C7H17FOSi. The van der Waals surface area contributed by atoms with Crippen molar-refractivity contribution in [3.63, 3.8) is 0 Å². The quantitative estimate of drug-likeness (QED) is 0.570. The standard InChI is InChI=1S/C7H17FOSi/c1-7(2,3)10(4,5)9-6-8/h6H2,1-5H3. The molecule has 0 aromatic heterocycles. The molecule has 0 fully saturated rings. The highest BCUT2D eigenvalue weighted by Gasteiger charge is 2.36. The molecule has 10 heavy (non-hydrogen) atoms. The van der Waals surface area contributed by atoms with Gasteiger partial charge in [-0.3, -0.25) is 0 Å². The van der Waals surface area contributed by atoms with Gasteiger partial charge in [-0.05, 0) is 18.1 Å². The average Bonchev–Trinajstić information content (AvgIpc) is 1.61. The fourth-order valence-corrected chi connectivity index (χ4v) is 1.06. The molecule has 0 aliphatic rings. The summed E-state index contributed by atoms with van der Waals surface area (Å²) in [6, 6.07) is 0. The van der Waals surface area contributed by atoms with E-state index >= 15 is 0 Å². The summed E-state index contributed by atoms with van der Waals surface area (Å²) in [6.07, 6.45) is 0. The first-order valence-corrected chi connectivity index (χ1v) is 6.42. The lowest BCUT2D eigenvalue weighted by atomic mass is 10.2. The van der Waals surface area contributed by atoms with Gasteiger partial charge < -0.3 is 4.43 Å². The monoisotopic (exact) mass is 164 g/mol. The number of rotatable bonds is 2. The minimum Gasteiger partial charge on any atom is -0.391 e. The normalized spacial score (nSPS) is 13.8. The van der Waals surface area contributed by atoms with Crippen LogP contribution in [0, 0.1) is 0 Å². The third-order valence-electron chi connectivity index (χ3n) is 2.22. The van der Waals surface area contributed by atoms with Gasteiger partial charge in [-0.25, -0.2) is 4.39 Å². The highest BCUT2D eigenvalue weighted by molar-refractivity contribution is 6.74. The molecule has 0 amide bonds. The van der Waals surface area contributed by atoms with E-state index in [-0.39, 0.29) is 5.04 Å². The fraction of sp³-hybridized carbons (Fsp3) is 1.00. The SMILES string of the molecule is CC(C)(C)[Si](C)(C)OCF. The van der Waals surface area contributed by atoms with Gasteiger partial charge in [0.15, 0.2) is 15.2 Å². The van der Waals surface area contributed by atoms with Gasteiger partial charge in [-0.15, -0.1) is 0 Å². The summed E-state index contributed by atoms with van der Waals surface area (Å²) in [5, 5.41) is 0.124. The second-order valence-electron chi connectivity index (χ2n) is 4.01. The van der Waals surface area contributed by atoms with Crippen LogP contribution in [0.15, 0.2) is 0 Å². The number of alkyl halides is 1. The maximum absolute atomic E-state index is 11.8. The van der Waals surface area contributed by atoms with Crippen LogP contribution in [0.1, 0.15) is 20.8 Å². The van der Waals surface area contributed by atoms with E-state index in [1.807, 2.05) is 13.1 Å². The lowest BCUT2D eigenvalue weighted by Gasteiger charge is -2.34. The van der Waals surface area contributed by atoms with Crippen molar-refractivity contribution >= 4 is 8.32 Å². The maximum atomic E-state index is 11.8. The molecule has 0 aliphatic heterocycles. The summed E-state index contributed by atoms with van der Waals surface area (Å²) < 4.78 is 16.9. The Kier molecular flexibility index (Phi) is 3.04. The van der Waals surface area contributed by atoms with Crippen LogP contribution in [0.25, 0.3) is 0 Å². The van der Waals surface area contributed by atoms with Crippen LogP contribution >= 0.6 is 0 Å². The van der Waals surface area contributed by atoms with Crippen LogP contribution in [0.3, 0.4) is 0 Å². The van der Waals surface area contributed by atoms with E-state index in [1.54, 1.807) is 0 Å². The molecule has 0 spiro atoms. The van der Waals surface area contributed by atoms with E-state index in [1.165, 1.54) is 0 Å². The zero-order chi connectivity index (χ0) is 8.41. The molecule has 0 bridgehead atoms. The Balaban J connectivity index is 4.10. The van der Waals surface area contributed by atoms with Crippen molar-refractivity contribution in [1.82, 2.24) is 0 Å². The minimum atomic E-state index is -1.78. The summed E-state index contributed by atoms with van der Waals surface area (Å²) in [7, 11) is -1.78. The van der Waals surface area contributed by atoms with E-state index in [2.05, 4.69) is 20.8 Å².